The van der Waals surface area contributed by atoms with Gasteiger partial charge in [0.25, 0.3) is 0 Å². The predicted octanol–water partition coefficient (Wildman–Crippen LogP) is 5.16. The van der Waals surface area contributed by atoms with Crippen molar-refractivity contribution >= 4 is 46.6 Å². The maximum atomic E-state index is 13.0. The lowest BCUT2D eigenvalue weighted by Crippen LogP contribution is -2.36. The first-order chi connectivity index (χ1) is 16.7. The van der Waals surface area contributed by atoms with Gasteiger partial charge in [0.05, 0.1) is 41.8 Å². The summed E-state index contributed by atoms with van der Waals surface area (Å²) in [6.07, 6.45) is -4.55. The maximum Gasteiger partial charge on any atom is 0.416 e. The van der Waals surface area contributed by atoms with Gasteiger partial charge in [0, 0.05) is 23.8 Å². The summed E-state index contributed by atoms with van der Waals surface area (Å²) in [5.41, 5.74) is -0.245. The SMILES string of the molecule is O=C(CSc1nnc(CN2CCOCC2)n1-c1ccc(Cl)cc1)Nc1cc(C(F)(F)F)ccc1Cl. The van der Waals surface area contributed by atoms with Gasteiger partial charge in [-0.05, 0) is 42.5 Å². The van der Waals surface area contributed by atoms with E-state index in [0.29, 0.717) is 35.8 Å². The normalized spacial score (nSPS) is 14.8. The zero-order chi connectivity index (χ0) is 25.0. The topological polar surface area (TPSA) is 72.3 Å². The van der Waals surface area contributed by atoms with E-state index in [4.69, 9.17) is 27.9 Å². The first-order valence-corrected chi connectivity index (χ1v) is 12.2. The number of halogens is 5. The molecule has 0 saturated carbocycles. The van der Waals surface area contributed by atoms with Gasteiger partial charge in [-0.3, -0.25) is 14.3 Å². The van der Waals surface area contributed by atoms with Gasteiger partial charge < -0.3 is 10.1 Å². The minimum Gasteiger partial charge on any atom is -0.379 e. The maximum absolute atomic E-state index is 13.0. The van der Waals surface area contributed by atoms with E-state index in [9.17, 15) is 18.0 Å². The Morgan fingerprint density at radius 2 is 1.80 bits per heavy atom. The second-order valence-electron chi connectivity index (χ2n) is 7.63. The van der Waals surface area contributed by atoms with Crippen molar-refractivity contribution in [3.63, 3.8) is 0 Å². The summed E-state index contributed by atoms with van der Waals surface area (Å²) >= 11 is 13.1. The largest absolute Gasteiger partial charge is 0.416 e. The van der Waals surface area contributed by atoms with E-state index in [-0.39, 0.29) is 16.5 Å². The molecule has 2 heterocycles. The van der Waals surface area contributed by atoms with Gasteiger partial charge in [-0.15, -0.1) is 10.2 Å². The molecule has 1 amide bonds. The van der Waals surface area contributed by atoms with Crippen molar-refractivity contribution in [3.05, 3.63) is 63.9 Å². The molecule has 13 heteroatoms. The number of carbonyl (C=O) groups is 1. The molecular weight excluding hydrogens is 526 g/mol. The highest BCUT2D eigenvalue weighted by molar-refractivity contribution is 7.99. The molecule has 35 heavy (non-hydrogen) atoms. The van der Waals surface area contributed by atoms with Gasteiger partial charge in [-0.1, -0.05) is 35.0 Å². The van der Waals surface area contributed by atoms with Crippen LogP contribution in [0.5, 0.6) is 0 Å². The number of nitrogens with one attached hydrogen (secondary N) is 1. The third-order valence-electron chi connectivity index (χ3n) is 5.15. The third-order valence-corrected chi connectivity index (χ3v) is 6.66. The number of alkyl halides is 3. The standard InChI is InChI=1S/C22H20Cl2F3N5O2S/c23-15-2-4-16(5-3-15)32-19(12-31-7-9-34-10-8-31)29-30-21(32)35-13-20(33)28-18-11-14(22(25,26)27)1-6-17(18)24/h1-6,11H,7-10,12-13H2,(H,28,33). The molecule has 1 aliphatic rings. The van der Waals surface area contributed by atoms with Crippen LogP contribution >= 0.6 is 35.0 Å². The summed E-state index contributed by atoms with van der Waals surface area (Å²) in [6.45, 7) is 3.32. The number of morpholine rings is 1. The van der Waals surface area contributed by atoms with Gasteiger partial charge in [0.15, 0.2) is 11.0 Å². The van der Waals surface area contributed by atoms with Gasteiger partial charge in [-0.25, -0.2) is 0 Å². The molecule has 3 aromatic rings. The van der Waals surface area contributed by atoms with Crippen LogP contribution in [0.15, 0.2) is 47.6 Å². The van der Waals surface area contributed by atoms with Gasteiger partial charge in [-0.2, -0.15) is 13.2 Å². The number of amides is 1. The van der Waals surface area contributed by atoms with Crippen molar-refractivity contribution in [3.8, 4) is 5.69 Å². The van der Waals surface area contributed by atoms with E-state index in [0.717, 1.165) is 48.7 Å². The zero-order valence-corrected chi connectivity index (χ0v) is 20.5. The number of aromatic nitrogens is 3. The Bertz CT molecular complexity index is 1180. The van der Waals surface area contributed by atoms with E-state index >= 15 is 0 Å². The van der Waals surface area contributed by atoms with Crippen molar-refractivity contribution in [1.82, 2.24) is 19.7 Å². The fraction of sp³-hybridized carbons (Fsp3) is 0.318. The molecule has 0 aliphatic carbocycles. The molecule has 1 N–H and O–H groups in total. The average Bonchev–Trinajstić information content (AvgIpc) is 3.22. The van der Waals surface area contributed by atoms with Crippen LogP contribution in [-0.4, -0.2) is 57.6 Å². The number of nitrogens with zero attached hydrogens (tertiary/aromatic N) is 4. The first-order valence-electron chi connectivity index (χ1n) is 10.5. The van der Waals surface area contributed by atoms with Crippen molar-refractivity contribution in [2.75, 3.05) is 37.4 Å². The molecule has 7 nitrogen and oxygen atoms in total. The van der Waals surface area contributed by atoms with Crippen molar-refractivity contribution in [1.29, 1.82) is 0 Å². The minimum absolute atomic E-state index is 0.00785. The summed E-state index contributed by atoms with van der Waals surface area (Å²) in [4.78, 5) is 14.7. The molecular formula is C22H20Cl2F3N5O2S. The van der Waals surface area contributed by atoms with Crippen LogP contribution in [-0.2, 0) is 22.3 Å². The van der Waals surface area contributed by atoms with Gasteiger partial charge in [0.2, 0.25) is 5.91 Å². The van der Waals surface area contributed by atoms with Crippen molar-refractivity contribution in [2.45, 2.75) is 17.9 Å². The Kier molecular flexibility index (Phi) is 8.23. The van der Waals surface area contributed by atoms with Gasteiger partial charge >= 0.3 is 6.18 Å². The fourth-order valence-corrected chi connectivity index (χ4v) is 4.48. The summed E-state index contributed by atoms with van der Waals surface area (Å²) < 4.78 is 46.3. The van der Waals surface area contributed by atoms with Crippen LogP contribution in [0.4, 0.5) is 18.9 Å². The second-order valence-corrected chi connectivity index (χ2v) is 9.41. The number of ether oxygens (including phenoxy) is 1. The number of rotatable bonds is 7. The predicted molar refractivity (Wildman–Crippen MR) is 128 cm³/mol. The first kappa shape index (κ1) is 25.8. The van der Waals surface area contributed by atoms with Crippen LogP contribution in [0.2, 0.25) is 10.0 Å². The van der Waals surface area contributed by atoms with Crippen LogP contribution in [0.3, 0.4) is 0 Å². The number of hydrogen-bond donors (Lipinski definition) is 1. The Labute approximate surface area is 213 Å². The average molecular weight is 546 g/mol. The van der Waals surface area contributed by atoms with Crippen LogP contribution in [0.1, 0.15) is 11.4 Å². The Morgan fingerprint density at radius 3 is 2.49 bits per heavy atom. The molecule has 0 spiro atoms. The molecule has 1 aliphatic heterocycles. The molecule has 2 aromatic carbocycles. The molecule has 186 valence electrons. The van der Waals surface area contributed by atoms with Gasteiger partial charge in [0.1, 0.15) is 0 Å². The van der Waals surface area contributed by atoms with E-state index in [1.807, 2.05) is 16.7 Å². The number of carbonyl (C=O) groups excluding carboxylic acids is 1. The lowest BCUT2D eigenvalue weighted by molar-refractivity contribution is -0.137. The molecule has 4 rings (SSSR count). The number of anilines is 1. The van der Waals surface area contributed by atoms with Crippen molar-refractivity contribution in [2.24, 2.45) is 0 Å². The zero-order valence-electron chi connectivity index (χ0n) is 18.2. The Balaban J connectivity index is 1.51. The lowest BCUT2D eigenvalue weighted by Gasteiger charge is -2.26. The summed E-state index contributed by atoms with van der Waals surface area (Å²) in [5.74, 6) is 0.0326. The third kappa shape index (κ3) is 6.68. The molecule has 0 unspecified atom stereocenters. The molecule has 1 fully saturated rings. The van der Waals surface area contributed by atoms with Crippen LogP contribution in [0, 0.1) is 0 Å². The van der Waals surface area contributed by atoms with Crippen LogP contribution < -0.4 is 5.32 Å². The fourth-order valence-electron chi connectivity index (χ4n) is 3.42. The highest BCUT2D eigenvalue weighted by Gasteiger charge is 2.31. The minimum atomic E-state index is -4.55. The summed E-state index contributed by atoms with van der Waals surface area (Å²) in [6, 6.07) is 9.89. The smallest absolute Gasteiger partial charge is 0.379 e. The molecule has 1 saturated heterocycles. The lowest BCUT2D eigenvalue weighted by atomic mass is 10.2. The quantitative estimate of drug-likeness (QED) is 0.413. The Morgan fingerprint density at radius 1 is 1.09 bits per heavy atom. The van der Waals surface area contributed by atoms with Crippen LogP contribution in [0.25, 0.3) is 5.69 Å². The van der Waals surface area contributed by atoms with E-state index in [1.54, 1.807) is 12.1 Å². The molecule has 0 radical (unpaired) electrons. The second kappa shape index (κ2) is 11.2. The monoisotopic (exact) mass is 545 g/mol. The number of thioether (sulfide) groups is 1. The van der Waals surface area contributed by atoms with E-state index in [1.165, 1.54) is 0 Å². The highest BCUT2D eigenvalue weighted by atomic mass is 35.5. The Hall–Kier alpha value is -2.31. The number of benzene rings is 2. The highest BCUT2D eigenvalue weighted by Crippen LogP contribution is 2.34. The number of hydrogen-bond acceptors (Lipinski definition) is 6. The van der Waals surface area contributed by atoms with E-state index in [2.05, 4.69) is 20.4 Å². The molecule has 0 bridgehead atoms. The molecule has 1 aromatic heterocycles. The summed E-state index contributed by atoms with van der Waals surface area (Å²) in [7, 11) is 0. The summed E-state index contributed by atoms with van der Waals surface area (Å²) in [5, 5.41) is 12.1. The van der Waals surface area contributed by atoms with E-state index < -0.39 is 17.6 Å². The molecule has 0 atom stereocenters. The van der Waals surface area contributed by atoms with Crippen molar-refractivity contribution < 1.29 is 22.7 Å².